The lowest BCUT2D eigenvalue weighted by molar-refractivity contribution is 0.413. The fourth-order valence-electron chi connectivity index (χ4n) is 1.98. The highest BCUT2D eigenvalue weighted by molar-refractivity contribution is 8.00. The van der Waals surface area contributed by atoms with Crippen LogP contribution in [0.3, 0.4) is 0 Å². The van der Waals surface area contributed by atoms with Crippen LogP contribution in [0.25, 0.3) is 0 Å². The number of thioether (sulfide) groups is 1. The molecule has 2 N–H and O–H groups in total. The molecule has 2 atom stereocenters. The number of benzene rings is 1. The molecule has 0 saturated heterocycles. The summed E-state index contributed by atoms with van der Waals surface area (Å²) in [6.45, 7) is 2.92. The lowest BCUT2D eigenvalue weighted by atomic mass is 10.1. The molecule has 0 aliphatic carbocycles. The van der Waals surface area contributed by atoms with Gasteiger partial charge in [-0.2, -0.15) is 0 Å². The Hall–Kier alpha value is -0.870. The van der Waals surface area contributed by atoms with Crippen molar-refractivity contribution in [2.45, 2.75) is 23.1 Å². The number of ether oxygens (including phenoxy) is 1. The molecule has 3 nitrogen and oxygen atoms in total. The Balaban J connectivity index is 2.38. The summed E-state index contributed by atoms with van der Waals surface area (Å²) >= 11 is 1.85. The molecule has 1 heterocycles. The summed E-state index contributed by atoms with van der Waals surface area (Å²) in [5.41, 5.74) is 7.07. The van der Waals surface area contributed by atoms with Crippen LogP contribution in [0.1, 0.15) is 6.92 Å². The van der Waals surface area contributed by atoms with Crippen LogP contribution < -0.4 is 15.4 Å². The maximum Gasteiger partial charge on any atom is 0.120 e. The van der Waals surface area contributed by atoms with Gasteiger partial charge in [0.25, 0.3) is 0 Å². The predicted octanol–water partition coefficient (Wildman–Crippen LogP) is 1.95. The molecule has 1 aliphatic heterocycles. The number of methoxy groups -OCH3 is 1. The van der Waals surface area contributed by atoms with Gasteiger partial charge in [-0.3, -0.25) is 0 Å². The van der Waals surface area contributed by atoms with Gasteiger partial charge in [0, 0.05) is 29.8 Å². The van der Waals surface area contributed by atoms with Crippen molar-refractivity contribution in [3.8, 4) is 5.75 Å². The van der Waals surface area contributed by atoms with Crippen LogP contribution in [0.4, 0.5) is 5.69 Å². The number of nitrogens with two attached hydrogens (primary N) is 1. The van der Waals surface area contributed by atoms with E-state index in [0.717, 1.165) is 5.75 Å². The van der Waals surface area contributed by atoms with Gasteiger partial charge in [-0.25, -0.2) is 0 Å². The zero-order chi connectivity index (χ0) is 11.7. The Labute approximate surface area is 101 Å². The summed E-state index contributed by atoms with van der Waals surface area (Å²) in [7, 11) is 3.82. The Bertz CT molecular complexity index is 383. The van der Waals surface area contributed by atoms with E-state index in [4.69, 9.17) is 10.5 Å². The van der Waals surface area contributed by atoms with Crippen molar-refractivity contribution < 1.29 is 4.74 Å². The highest BCUT2D eigenvalue weighted by Gasteiger charge is 2.28. The molecule has 2 rings (SSSR count). The third-order valence-corrected chi connectivity index (χ3v) is 4.68. The van der Waals surface area contributed by atoms with Gasteiger partial charge in [0.2, 0.25) is 0 Å². The third-order valence-electron chi connectivity index (χ3n) is 3.21. The topological polar surface area (TPSA) is 38.5 Å². The standard InChI is InChI=1S/C12H18N2OS/c1-8-12(7-13)16-11-6-9(15-3)4-5-10(11)14(8)2/h4-6,8,12H,7,13H2,1-3H3. The molecule has 2 unspecified atom stereocenters. The van der Waals surface area contributed by atoms with Crippen molar-refractivity contribution in [1.82, 2.24) is 0 Å². The fourth-order valence-corrected chi connectivity index (χ4v) is 3.30. The molecule has 0 bridgehead atoms. The van der Waals surface area contributed by atoms with Gasteiger partial charge in [0.05, 0.1) is 12.8 Å². The molecule has 1 aromatic rings. The van der Waals surface area contributed by atoms with Gasteiger partial charge in [0.1, 0.15) is 5.75 Å². The predicted molar refractivity (Wildman–Crippen MR) is 69.6 cm³/mol. The second kappa shape index (κ2) is 4.55. The highest BCUT2D eigenvalue weighted by Crippen LogP contribution is 2.42. The van der Waals surface area contributed by atoms with E-state index in [1.807, 2.05) is 17.8 Å². The molecule has 0 amide bonds. The fraction of sp³-hybridized carbons (Fsp3) is 0.500. The maximum absolute atomic E-state index is 5.80. The Kier molecular flexibility index (Phi) is 3.30. The molecule has 16 heavy (non-hydrogen) atoms. The van der Waals surface area contributed by atoms with Gasteiger partial charge < -0.3 is 15.4 Å². The molecular weight excluding hydrogens is 220 g/mol. The molecule has 1 aliphatic rings. The van der Waals surface area contributed by atoms with Crippen LogP contribution in [0.15, 0.2) is 23.1 Å². The van der Waals surface area contributed by atoms with E-state index in [1.54, 1.807) is 7.11 Å². The van der Waals surface area contributed by atoms with Crippen molar-refractivity contribution in [2.24, 2.45) is 5.73 Å². The van der Waals surface area contributed by atoms with Gasteiger partial charge in [-0.05, 0) is 25.1 Å². The lowest BCUT2D eigenvalue weighted by Gasteiger charge is -2.38. The summed E-state index contributed by atoms with van der Waals surface area (Å²) in [4.78, 5) is 3.55. The number of hydrogen-bond acceptors (Lipinski definition) is 4. The van der Waals surface area contributed by atoms with Crippen LogP contribution >= 0.6 is 11.8 Å². The van der Waals surface area contributed by atoms with E-state index in [2.05, 4.69) is 31.0 Å². The van der Waals surface area contributed by atoms with E-state index in [9.17, 15) is 0 Å². The molecule has 0 aromatic heterocycles. The molecule has 0 radical (unpaired) electrons. The van der Waals surface area contributed by atoms with Crippen molar-refractivity contribution in [2.75, 3.05) is 25.6 Å². The Morgan fingerprint density at radius 1 is 1.50 bits per heavy atom. The summed E-state index contributed by atoms with van der Waals surface area (Å²) in [5.74, 6) is 0.907. The second-order valence-electron chi connectivity index (χ2n) is 4.08. The number of anilines is 1. The summed E-state index contributed by atoms with van der Waals surface area (Å²) in [6.07, 6.45) is 0. The average molecular weight is 238 g/mol. The molecular formula is C12H18N2OS. The normalized spacial score (nSPS) is 24.1. The van der Waals surface area contributed by atoms with Gasteiger partial charge in [-0.1, -0.05) is 0 Å². The summed E-state index contributed by atoms with van der Waals surface area (Å²) < 4.78 is 5.25. The minimum atomic E-state index is 0.449. The molecule has 0 spiro atoms. The largest absolute Gasteiger partial charge is 0.497 e. The van der Waals surface area contributed by atoms with Crippen LogP contribution in [-0.4, -0.2) is 32.0 Å². The summed E-state index contributed by atoms with van der Waals surface area (Å²) in [5, 5.41) is 0.449. The monoisotopic (exact) mass is 238 g/mol. The molecule has 4 heteroatoms. The second-order valence-corrected chi connectivity index (χ2v) is 5.36. The first-order valence-corrected chi connectivity index (χ1v) is 6.33. The molecule has 0 fully saturated rings. The first-order chi connectivity index (χ1) is 7.67. The minimum Gasteiger partial charge on any atom is -0.497 e. The average Bonchev–Trinajstić information content (AvgIpc) is 2.33. The highest BCUT2D eigenvalue weighted by atomic mass is 32.2. The Morgan fingerprint density at radius 3 is 2.88 bits per heavy atom. The molecule has 88 valence electrons. The SMILES string of the molecule is COc1ccc2c(c1)SC(CN)C(C)N2C. The van der Waals surface area contributed by atoms with Crippen LogP contribution in [-0.2, 0) is 0 Å². The Morgan fingerprint density at radius 2 is 2.25 bits per heavy atom. The quantitative estimate of drug-likeness (QED) is 0.854. The number of nitrogens with zero attached hydrogens (tertiary/aromatic N) is 1. The van der Waals surface area contributed by atoms with Crippen molar-refractivity contribution >= 4 is 17.4 Å². The van der Waals surface area contributed by atoms with Crippen LogP contribution in [0.2, 0.25) is 0 Å². The van der Waals surface area contributed by atoms with Crippen LogP contribution in [0, 0.1) is 0 Å². The molecule has 1 aromatic carbocycles. The van der Waals surface area contributed by atoms with Gasteiger partial charge in [-0.15, -0.1) is 11.8 Å². The van der Waals surface area contributed by atoms with Crippen molar-refractivity contribution in [3.05, 3.63) is 18.2 Å². The van der Waals surface area contributed by atoms with E-state index in [0.29, 0.717) is 17.8 Å². The zero-order valence-corrected chi connectivity index (χ0v) is 10.8. The third kappa shape index (κ3) is 1.87. The minimum absolute atomic E-state index is 0.449. The van der Waals surface area contributed by atoms with Crippen molar-refractivity contribution in [3.63, 3.8) is 0 Å². The first-order valence-electron chi connectivity index (χ1n) is 5.45. The van der Waals surface area contributed by atoms with E-state index >= 15 is 0 Å². The van der Waals surface area contributed by atoms with E-state index in [-0.39, 0.29) is 0 Å². The van der Waals surface area contributed by atoms with Crippen LogP contribution in [0.5, 0.6) is 5.75 Å². The van der Waals surface area contributed by atoms with Crippen molar-refractivity contribution in [1.29, 1.82) is 0 Å². The first kappa shape index (κ1) is 11.6. The lowest BCUT2D eigenvalue weighted by Crippen LogP contribution is -2.43. The molecule has 0 saturated carbocycles. The smallest absolute Gasteiger partial charge is 0.120 e. The maximum atomic E-state index is 5.80. The van der Waals surface area contributed by atoms with E-state index in [1.165, 1.54) is 10.6 Å². The van der Waals surface area contributed by atoms with Gasteiger partial charge >= 0.3 is 0 Å². The summed E-state index contributed by atoms with van der Waals surface area (Å²) in [6, 6.07) is 6.68. The zero-order valence-electron chi connectivity index (χ0n) is 9.93. The van der Waals surface area contributed by atoms with E-state index < -0.39 is 0 Å². The number of hydrogen-bond donors (Lipinski definition) is 1. The van der Waals surface area contributed by atoms with Gasteiger partial charge in [0.15, 0.2) is 0 Å². The number of fused-ring (bicyclic) bond motifs is 1. The number of rotatable bonds is 2.